The first kappa shape index (κ1) is 8.43. The lowest BCUT2D eigenvalue weighted by Gasteiger charge is -2.02. The Bertz CT molecular complexity index is 225. The summed E-state index contributed by atoms with van der Waals surface area (Å²) < 4.78 is 2.98. The summed E-state index contributed by atoms with van der Waals surface area (Å²) in [7, 11) is 0. The molecular formula is C8H12N2S. The number of benzene rings is 1. The molecule has 0 aliphatic heterocycles. The third kappa shape index (κ3) is 2.44. The fraction of sp³-hybridized carbons (Fsp3) is 0.250. The molecule has 0 atom stereocenters. The second-order valence-electron chi connectivity index (χ2n) is 2.27. The number of nitrogens with two attached hydrogens (primary N) is 1. The fourth-order valence-corrected chi connectivity index (χ4v) is 1.19. The van der Waals surface area contributed by atoms with Gasteiger partial charge in [0.05, 0.1) is 0 Å². The number of hydrogen-bond donors (Lipinski definition) is 2. The van der Waals surface area contributed by atoms with E-state index in [2.05, 4.69) is 23.8 Å². The topological polar surface area (TPSA) is 38.0 Å². The highest BCUT2D eigenvalue weighted by Gasteiger charge is 1.91. The molecule has 0 amide bonds. The minimum atomic E-state index is 1.06. The Morgan fingerprint density at radius 2 is 2.36 bits per heavy atom. The monoisotopic (exact) mass is 168 g/mol. The van der Waals surface area contributed by atoms with Gasteiger partial charge >= 0.3 is 0 Å². The first-order valence-corrected chi connectivity index (χ1v) is 4.45. The molecule has 1 aromatic rings. The van der Waals surface area contributed by atoms with E-state index in [0.29, 0.717) is 0 Å². The van der Waals surface area contributed by atoms with Crippen molar-refractivity contribution in [2.45, 2.75) is 13.3 Å². The van der Waals surface area contributed by atoms with E-state index in [4.69, 9.17) is 5.14 Å². The molecule has 0 heterocycles. The Morgan fingerprint density at radius 3 is 3.00 bits per heavy atom. The maximum absolute atomic E-state index is 5.26. The van der Waals surface area contributed by atoms with Gasteiger partial charge < -0.3 is 4.72 Å². The van der Waals surface area contributed by atoms with E-state index < -0.39 is 0 Å². The molecule has 0 aliphatic rings. The number of anilines is 1. The molecule has 0 saturated heterocycles. The zero-order valence-corrected chi connectivity index (χ0v) is 7.32. The molecule has 1 aromatic carbocycles. The first-order chi connectivity index (χ1) is 5.36. The zero-order valence-electron chi connectivity index (χ0n) is 6.50. The van der Waals surface area contributed by atoms with Crippen LogP contribution in [0.2, 0.25) is 0 Å². The quantitative estimate of drug-likeness (QED) is 0.679. The summed E-state index contributed by atoms with van der Waals surface area (Å²) >= 11 is 1.12. The van der Waals surface area contributed by atoms with Gasteiger partial charge in [-0.1, -0.05) is 19.1 Å². The van der Waals surface area contributed by atoms with Crippen LogP contribution in [0.25, 0.3) is 0 Å². The highest BCUT2D eigenvalue weighted by Crippen LogP contribution is 2.12. The zero-order chi connectivity index (χ0) is 8.10. The molecule has 3 heteroatoms. The predicted octanol–water partition coefficient (Wildman–Crippen LogP) is 2.18. The Labute approximate surface area is 71.4 Å². The molecule has 0 bridgehead atoms. The molecule has 0 unspecified atom stereocenters. The lowest BCUT2D eigenvalue weighted by atomic mass is 10.1. The van der Waals surface area contributed by atoms with Crippen LogP contribution in [0.3, 0.4) is 0 Å². The van der Waals surface area contributed by atoms with Crippen molar-refractivity contribution < 1.29 is 0 Å². The summed E-state index contributed by atoms with van der Waals surface area (Å²) in [5.41, 5.74) is 2.39. The van der Waals surface area contributed by atoms with Crippen molar-refractivity contribution in [1.82, 2.24) is 0 Å². The molecule has 1 rings (SSSR count). The van der Waals surface area contributed by atoms with Crippen LogP contribution in [0, 0.1) is 0 Å². The summed E-state index contributed by atoms with van der Waals surface area (Å²) in [6.07, 6.45) is 1.06. The molecule has 0 radical (unpaired) electrons. The Balaban J connectivity index is 2.74. The molecule has 0 aliphatic carbocycles. The standard InChI is InChI=1S/C8H12N2S/c1-2-7-4-3-5-8(6-7)10-11-9/h3-6,10H,2,9H2,1H3. The smallest absolute Gasteiger partial charge is 0.0454 e. The van der Waals surface area contributed by atoms with Crippen LogP contribution in [-0.4, -0.2) is 0 Å². The molecule has 60 valence electrons. The van der Waals surface area contributed by atoms with Crippen LogP contribution < -0.4 is 9.86 Å². The van der Waals surface area contributed by atoms with Gasteiger partial charge in [0.15, 0.2) is 0 Å². The molecule has 0 spiro atoms. The minimum absolute atomic E-state index is 1.06. The van der Waals surface area contributed by atoms with Crippen molar-refractivity contribution in [2.75, 3.05) is 4.72 Å². The number of aryl methyl sites for hydroxylation is 1. The highest BCUT2D eigenvalue weighted by molar-refractivity contribution is 7.98. The van der Waals surface area contributed by atoms with Gasteiger partial charge in [0.25, 0.3) is 0 Å². The van der Waals surface area contributed by atoms with Crippen molar-refractivity contribution in [3.05, 3.63) is 29.8 Å². The van der Waals surface area contributed by atoms with Crippen LogP contribution >= 0.6 is 12.1 Å². The van der Waals surface area contributed by atoms with Crippen molar-refractivity contribution in [3.63, 3.8) is 0 Å². The van der Waals surface area contributed by atoms with Crippen LogP contribution in [0.1, 0.15) is 12.5 Å². The average Bonchev–Trinajstić information content (AvgIpc) is 2.06. The molecular weight excluding hydrogens is 156 g/mol. The van der Waals surface area contributed by atoms with E-state index in [9.17, 15) is 0 Å². The second kappa shape index (κ2) is 4.26. The number of rotatable bonds is 3. The average molecular weight is 168 g/mol. The normalized spacial score (nSPS) is 9.64. The summed E-state index contributed by atoms with van der Waals surface area (Å²) in [5, 5.41) is 5.26. The van der Waals surface area contributed by atoms with Gasteiger partial charge in [0, 0.05) is 17.8 Å². The van der Waals surface area contributed by atoms with Gasteiger partial charge in [-0.3, -0.25) is 5.14 Å². The SMILES string of the molecule is CCc1cccc(NSN)c1. The van der Waals surface area contributed by atoms with E-state index in [1.807, 2.05) is 12.1 Å². The first-order valence-electron chi connectivity index (χ1n) is 3.57. The van der Waals surface area contributed by atoms with Crippen molar-refractivity contribution in [2.24, 2.45) is 5.14 Å². The third-order valence-electron chi connectivity index (χ3n) is 1.51. The van der Waals surface area contributed by atoms with Crippen LogP contribution in [-0.2, 0) is 6.42 Å². The van der Waals surface area contributed by atoms with E-state index >= 15 is 0 Å². The van der Waals surface area contributed by atoms with Gasteiger partial charge in [-0.15, -0.1) is 0 Å². The van der Waals surface area contributed by atoms with E-state index in [-0.39, 0.29) is 0 Å². The van der Waals surface area contributed by atoms with Crippen LogP contribution in [0.15, 0.2) is 24.3 Å². The summed E-state index contributed by atoms with van der Waals surface area (Å²) in [6.45, 7) is 2.13. The van der Waals surface area contributed by atoms with Gasteiger partial charge in [-0.05, 0) is 24.1 Å². The maximum atomic E-state index is 5.26. The minimum Gasteiger partial charge on any atom is -0.317 e. The highest BCUT2D eigenvalue weighted by atomic mass is 32.2. The van der Waals surface area contributed by atoms with Gasteiger partial charge in [0.2, 0.25) is 0 Å². The van der Waals surface area contributed by atoms with Crippen LogP contribution in [0.5, 0.6) is 0 Å². The Hall–Kier alpha value is -0.670. The Morgan fingerprint density at radius 1 is 1.55 bits per heavy atom. The lowest BCUT2D eigenvalue weighted by Crippen LogP contribution is -1.92. The maximum Gasteiger partial charge on any atom is 0.0454 e. The molecule has 0 saturated carbocycles. The third-order valence-corrected chi connectivity index (χ3v) is 1.87. The number of nitrogens with one attached hydrogen (secondary N) is 1. The van der Waals surface area contributed by atoms with Gasteiger partial charge in [-0.2, -0.15) is 0 Å². The lowest BCUT2D eigenvalue weighted by molar-refractivity contribution is 1.14. The van der Waals surface area contributed by atoms with Gasteiger partial charge in [-0.25, -0.2) is 0 Å². The van der Waals surface area contributed by atoms with Crippen molar-refractivity contribution in [3.8, 4) is 0 Å². The molecule has 11 heavy (non-hydrogen) atoms. The van der Waals surface area contributed by atoms with Crippen LogP contribution in [0.4, 0.5) is 5.69 Å². The Kier molecular flexibility index (Phi) is 3.26. The fourth-order valence-electron chi connectivity index (χ4n) is 0.923. The molecule has 3 N–H and O–H groups in total. The van der Waals surface area contributed by atoms with Crippen molar-refractivity contribution in [1.29, 1.82) is 0 Å². The predicted molar refractivity (Wildman–Crippen MR) is 51.2 cm³/mol. The largest absolute Gasteiger partial charge is 0.317 e. The summed E-state index contributed by atoms with van der Waals surface area (Å²) in [5.74, 6) is 0. The van der Waals surface area contributed by atoms with E-state index in [1.54, 1.807) is 0 Å². The number of hydrogen-bond acceptors (Lipinski definition) is 3. The van der Waals surface area contributed by atoms with E-state index in [1.165, 1.54) is 5.56 Å². The second-order valence-corrected chi connectivity index (χ2v) is 2.71. The van der Waals surface area contributed by atoms with Gasteiger partial charge in [0.1, 0.15) is 0 Å². The van der Waals surface area contributed by atoms with Crippen molar-refractivity contribution >= 4 is 17.8 Å². The molecule has 0 fully saturated rings. The molecule has 2 nitrogen and oxygen atoms in total. The summed E-state index contributed by atoms with van der Waals surface area (Å²) in [6, 6.07) is 8.22. The van der Waals surface area contributed by atoms with E-state index in [0.717, 1.165) is 24.2 Å². The molecule has 0 aromatic heterocycles. The summed E-state index contributed by atoms with van der Waals surface area (Å²) in [4.78, 5) is 0.